The molecule has 0 heterocycles. The van der Waals surface area contributed by atoms with Gasteiger partial charge in [0, 0.05) is 0 Å². The number of benzene rings is 2. The van der Waals surface area contributed by atoms with Crippen molar-refractivity contribution in [1.29, 1.82) is 0 Å². The minimum atomic E-state index is -1.08. The third-order valence-corrected chi connectivity index (χ3v) is 5.15. The van der Waals surface area contributed by atoms with E-state index in [0.29, 0.717) is 5.56 Å². The van der Waals surface area contributed by atoms with E-state index in [9.17, 15) is 9.90 Å². The molecule has 0 radical (unpaired) electrons. The van der Waals surface area contributed by atoms with E-state index in [2.05, 4.69) is 0 Å². The first-order chi connectivity index (χ1) is 8.16. The monoisotopic (exact) mass is 338 g/mol. The van der Waals surface area contributed by atoms with Crippen molar-refractivity contribution >= 4 is 5.97 Å². The molecular formula is C14H11IO2-2. The molecule has 2 nitrogen and oxygen atoms in total. The van der Waals surface area contributed by atoms with Crippen molar-refractivity contribution < 1.29 is 31.1 Å². The van der Waals surface area contributed by atoms with Crippen LogP contribution in [0.15, 0.2) is 48.5 Å². The molecule has 88 valence electrons. The SMILES string of the molecule is Cc1ccc([I-]c2ccccc2)c(C(=O)[O-])c1. The molecule has 0 saturated carbocycles. The zero-order valence-electron chi connectivity index (χ0n) is 9.31. The van der Waals surface area contributed by atoms with E-state index in [-0.39, 0.29) is 0 Å². The van der Waals surface area contributed by atoms with E-state index in [1.807, 2.05) is 49.4 Å². The first-order valence-electron chi connectivity index (χ1n) is 5.18. The van der Waals surface area contributed by atoms with Crippen molar-refractivity contribution in [1.82, 2.24) is 0 Å². The zero-order valence-corrected chi connectivity index (χ0v) is 11.5. The van der Waals surface area contributed by atoms with Gasteiger partial charge in [0.15, 0.2) is 0 Å². The van der Waals surface area contributed by atoms with Gasteiger partial charge in [0.05, 0.1) is 0 Å². The molecule has 0 unspecified atom stereocenters. The van der Waals surface area contributed by atoms with Gasteiger partial charge in [0.1, 0.15) is 0 Å². The Kier molecular flexibility index (Phi) is 3.78. The Morgan fingerprint density at radius 1 is 1.12 bits per heavy atom. The second-order valence-corrected chi connectivity index (χ2v) is 6.61. The molecule has 2 aromatic carbocycles. The average molecular weight is 338 g/mol. The van der Waals surface area contributed by atoms with Crippen LogP contribution >= 0.6 is 0 Å². The molecule has 0 spiro atoms. The summed E-state index contributed by atoms with van der Waals surface area (Å²) in [6.07, 6.45) is 0. The molecule has 0 aliphatic rings. The third kappa shape index (κ3) is 3.06. The number of carboxylic acid groups (broad SMARTS) is 1. The number of aryl methyl sites for hydroxylation is 1. The Balaban J connectivity index is 2.36. The molecule has 2 aromatic rings. The molecule has 0 N–H and O–H groups in total. The average Bonchev–Trinajstić information content (AvgIpc) is 2.32. The van der Waals surface area contributed by atoms with Crippen LogP contribution in [0.4, 0.5) is 0 Å². The minimum absolute atomic E-state index is 0.335. The third-order valence-electron chi connectivity index (χ3n) is 2.29. The number of rotatable bonds is 3. The van der Waals surface area contributed by atoms with Crippen molar-refractivity contribution in [2.75, 3.05) is 0 Å². The summed E-state index contributed by atoms with van der Waals surface area (Å²) in [5.41, 5.74) is 1.28. The van der Waals surface area contributed by atoms with Crippen molar-refractivity contribution in [2.45, 2.75) is 6.92 Å². The Morgan fingerprint density at radius 2 is 1.82 bits per heavy atom. The van der Waals surface area contributed by atoms with E-state index in [1.54, 1.807) is 6.07 Å². The topological polar surface area (TPSA) is 40.1 Å². The van der Waals surface area contributed by atoms with Gasteiger partial charge in [-0.1, -0.05) is 0 Å². The van der Waals surface area contributed by atoms with Gasteiger partial charge < -0.3 is 0 Å². The van der Waals surface area contributed by atoms with Crippen LogP contribution in [0.3, 0.4) is 0 Å². The number of aromatic carboxylic acids is 1. The molecule has 0 bridgehead atoms. The molecule has 0 saturated heterocycles. The van der Waals surface area contributed by atoms with E-state index in [0.717, 1.165) is 9.13 Å². The van der Waals surface area contributed by atoms with Crippen LogP contribution in [-0.2, 0) is 0 Å². The quantitative estimate of drug-likeness (QED) is 0.639. The van der Waals surface area contributed by atoms with Gasteiger partial charge in [0.2, 0.25) is 0 Å². The molecule has 0 fully saturated rings. The van der Waals surface area contributed by atoms with Gasteiger partial charge >= 0.3 is 111 Å². The number of hydrogen-bond donors (Lipinski definition) is 0. The van der Waals surface area contributed by atoms with Crippen molar-refractivity contribution in [3.05, 3.63) is 66.8 Å². The molecule has 0 atom stereocenters. The van der Waals surface area contributed by atoms with Crippen LogP contribution in [0, 0.1) is 14.1 Å². The summed E-state index contributed by atoms with van der Waals surface area (Å²) in [5, 5.41) is 11.1. The van der Waals surface area contributed by atoms with Gasteiger partial charge in [0.25, 0.3) is 0 Å². The number of carbonyl (C=O) groups is 1. The molecule has 0 aliphatic carbocycles. The summed E-state index contributed by atoms with van der Waals surface area (Å²) in [6.45, 7) is 1.89. The Bertz CT molecular complexity index is 535. The second kappa shape index (κ2) is 5.31. The predicted molar refractivity (Wildman–Crippen MR) is 59.3 cm³/mol. The summed E-state index contributed by atoms with van der Waals surface area (Å²) in [6, 6.07) is 15.5. The van der Waals surface area contributed by atoms with Crippen LogP contribution in [0.25, 0.3) is 0 Å². The second-order valence-electron chi connectivity index (χ2n) is 3.66. The number of carboxylic acids is 1. The standard InChI is InChI=1S/C14H12IO2/c1-10-7-8-13(12(9-10)14(16)17)15-11-5-3-2-4-6-11/h2-9H,1H3,(H,16,17)/q-1/p-1. The fourth-order valence-corrected chi connectivity index (χ4v) is 3.94. The van der Waals surface area contributed by atoms with E-state index >= 15 is 0 Å². The summed E-state index contributed by atoms with van der Waals surface area (Å²) < 4.78 is 2.11. The number of halogens is 1. The van der Waals surface area contributed by atoms with E-state index in [1.165, 1.54) is 3.57 Å². The van der Waals surface area contributed by atoms with Gasteiger partial charge in [-0.3, -0.25) is 0 Å². The molecule has 0 aliphatic heterocycles. The van der Waals surface area contributed by atoms with Gasteiger partial charge in [-0.25, -0.2) is 0 Å². The van der Waals surface area contributed by atoms with Crippen LogP contribution in [0.1, 0.15) is 15.9 Å². The Labute approximate surface area is 111 Å². The zero-order chi connectivity index (χ0) is 12.3. The van der Waals surface area contributed by atoms with Crippen LogP contribution in [0.5, 0.6) is 0 Å². The molecule has 0 amide bonds. The van der Waals surface area contributed by atoms with Gasteiger partial charge in [-0.2, -0.15) is 0 Å². The number of carbonyl (C=O) groups excluding carboxylic acids is 1. The Morgan fingerprint density at radius 3 is 2.47 bits per heavy atom. The van der Waals surface area contributed by atoms with Crippen LogP contribution < -0.4 is 26.3 Å². The number of hydrogen-bond acceptors (Lipinski definition) is 2. The first-order valence-corrected chi connectivity index (χ1v) is 7.34. The maximum atomic E-state index is 11.1. The molecule has 17 heavy (non-hydrogen) atoms. The van der Waals surface area contributed by atoms with Crippen molar-refractivity contribution in [3.8, 4) is 0 Å². The maximum absolute atomic E-state index is 11.1. The van der Waals surface area contributed by atoms with E-state index < -0.39 is 27.2 Å². The summed E-state index contributed by atoms with van der Waals surface area (Å²) in [7, 11) is 0. The van der Waals surface area contributed by atoms with Gasteiger partial charge in [-0.05, 0) is 0 Å². The molecule has 0 aromatic heterocycles. The normalized spacial score (nSPS) is 10.4. The molecule has 2 rings (SSSR count). The van der Waals surface area contributed by atoms with Crippen molar-refractivity contribution in [3.63, 3.8) is 0 Å². The summed E-state index contributed by atoms with van der Waals surface area (Å²) in [5.74, 6) is -1.08. The van der Waals surface area contributed by atoms with Crippen molar-refractivity contribution in [2.24, 2.45) is 0 Å². The van der Waals surface area contributed by atoms with Gasteiger partial charge in [-0.15, -0.1) is 0 Å². The van der Waals surface area contributed by atoms with E-state index in [4.69, 9.17) is 0 Å². The summed E-state index contributed by atoms with van der Waals surface area (Å²) >= 11 is -0.460. The summed E-state index contributed by atoms with van der Waals surface area (Å²) in [4.78, 5) is 11.1. The first kappa shape index (κ1) is 12.1. The fourth-order valence-electron chi connectivity index (χ4n) is 1.47. The van der Waals surface area contributed by atoms with Crippen LogP contribution in [-0.4, -0.2) is 5.97 Å². The predicted octanol–water partition coefficient (Wildman–Crippen LogP) is -1.51. The Hall–Kier alpha value is -1.36. The van der Waals surface area contributed by atoms with Crippen LogP contribution in [0.2, 0.25) is 0 Å². The molecular weight excluding hydrogens is 327 g/mol. The fraction of sp³-hybridized carbons (Fsp3) is 0.0714. The molecule has 3 heteroatoms.